The number of rotatable bonds is 3. The van der Waals surface area contributed by atoms with Crippen molar-refractivity contribution in [3.05, 3.63) is 59.2 Å². The highest BCUT2D eigenvalue weighted by Crippen LogP contribution is 2.33. The molecule has 0 atom stereocenters. The normalized spacial score (nSPS) is 10.5. The van der Waals surface area contributed by atoms with Gasteiger partial charge in [0.2, 0.25) is 0 Å². The van der Waals surface area contributed by atoms with Crippen molar-refractivity contribution in [2.24, 2.45) is 5.73 Å². The average Bonchev–Trinajstić information content (AvgIpc) is 2.35. The maximum Gasteiger partial charge on any atom is 0.137 e. The molecule has 0 amide bonds. The lowest BCUT2D eigenvalue weighted by Crippen LogP contribution is -2.12. The summed E-state index contributed by atoms with van der Waals surface area (Å²) < 4.78 is 26.7. The molecule has 0 aliphatic heterocycles. The van der Waals surface area contributed by atoms with Crippen LogP contribution in [-0.2, 0) is 0 Å². The first-order valence-electron chi connectivity index (χ1n) is 5.55. The molecule has 0 bridgehead atoms. The van der Waals surface area contributed by atoms with E-state index in [2.05, 4.69) is 0 Å². The van der Waals surface area contributed by atoms with Crippen LogP contribution in [0.25, 0.3) is 0 Å². The second-order valence-electron chi connectivity index (χ2n) is 4.09. The van der Waals surface area contributed by atoms with Crippen LogP contribution >= 0.6 is 11.8 Å². The van der Waals surface area contributed by atoms with Gasteiger partial charge in [-0.1, -0.05) is 23.4 Å². The topological polar surface area (TPSA) is 49.9 Å². The van der Waals surface area contributed by atoms with Crippen molar-refractivity contribution < 1.29 is 8.78 Å². The fourth-order valence-electron chi connectivity index (χ4n) is 1.62. The van der Waals surface area contributed by atoms with Crippen LogP contribution in [0.1, 0.15) is 11.1 Å². The summed E-state index contributed by atoms with van der Waals surface area (Å²) in [7, 11) is 0. The van der Waals surface area contributed by atoms with Gasteiger partial charge < -0.3 is 5.73 Å². The van der Waals surface area contributed by atoms with E-state index >= 15 is 0 Å². The van der Waals surface area contributed by atoms with Crippen LogP contribution < -0.4 is 5.73 Å². The monoisotopic (exact) mass is 278 g/mol. The summed E-state index contributed by atoms with van der Waals surface area (Å²) in [4.78, 5) is 0.800. The molecule has 98 valence electrons. The Kier molecular flexibility index (Phi) is 3.85. The van der Waals surface area contributed by atoms with Crippen molar-refractivity contribution in [3.8, 4) is 0 Å². The summed E-state index contributed by atoms with van der Waals surface area (Å²) in [5.41, 5.74) is 6.98. The van der Waals surface area contributed by atoms with E-state index in [4.69, 9.17) is 11.1 Å². The molecule has 0 spiro atoms. The van der Waals surface area contributed by atoms with Crippen molar-refractivity contribution in [3.63, 3.8) is 0 Å². The molecule has 5 heteroatoms. The maximum atomic E-state index is 13.6. The molecule has 2 rings (SSSR count). The van der Waals surface area contributed by atoms with Gasteiger partial charge in [0.05, 0.1) is 4.90 Å². The third kappa shape index (κ3) is 3.12. The Morgan fingerprint density at radius 2 is 1.84 bits per heavy atom. The third-order valence-electron chi connectivity index (χ3n) is 2.54. The molecular formula is C14H12F2N2S. The number of hydrogen-bond donors (Lipinski definition) is 2. The van der Waals surface area contributed by atoms with Crippen molar-refractivity contribution in [1.29, 1.82) is 5.41 Å². The van der Waals surface area contributed by atoms with Gasteiger partial charge in [-0.05, 0) is 37.3 Å². The standard InChI is InChI=1S/C14H12F2N2S/c1-8-2-5-12(10(6-8)14(17)18)19-13-7-9(15)3-4-11(13)16/h2-7H,1H3,(H3,17,18). The summed E-state index contributed by atoms with van der Waals surface area (Å²) in [5, 5.41) is 7.53. The quantitative estimate of drug-likeness (QED) is 0.664. The van der Waals surface area contributed by atoms with Crippen molar-refractivity contribution in [2.45, 2.75) is 16.7 Å². The van der Waals surface area contributed by atoms with E-state index in [1.165, 1.54) is 0 Å². The highest BCUT2D eigenvalue weighted by molar-refractivity contribution is 7.99. The Morgan fingerprint density at radius 3 is 2.53 bits per heavy atom. The third-order valence-corrected chi connectivity index (χ3v) is 3.65. The molecular weight excluding hydrogens is 266 g/mol. The Balaban J connectivity index is 2.43. The molecule has 0 saturated carbocycles. The average molecular weight is 278 g/mol. The lowest BCUT2D eigenvalue weighted by Gasteiger charge is -2.09. The van der Waals surface area contributed by atoms with Gasteiger partial charge >= 0.3 is 0 Å². The first-order valence-corrected chi connectivity index (χ1v) is 6.37. The number of hydrogen-bond acceptors (Lipinski definition) is 2. The first-order chi connectivity index (χ1) is 8.97. The summed E-state index contributed by atoms with van der Waals surface area (Å²) in [6.45, 7) is 1.88. The van der Waals surface area contributed by atoms with Crippen LogP contribution in [0.2, 0.25) is 0 Å². The van der Waals surface area contributed by atoms with Crippen molar-refractivity contribution in [1.82, 2.24) is 0 Å². The van der Waals surface area contributed by atoms with Crippen LogP contribution in [0.4, 0.5) is 8.78 Å². The smallest absolute Gasteiger partial charge is 0.137 e. The van der Waals surface area contributed by atoms with E-state index in [-0.39, 0.29) is 10.7 Å². The minimum absolute atomic E-state index is 0.0944. The largest absolute Gasteiger partial charge is 0.384 e. The number of nitrogens with two attached hydrogens (primary N) is 1. The van der Waals surface area contributed by atoms with Crippen LogP contribution in [0.3, 0.4) is 0 Å². The number of benzene rings is 2. The van der Waals surface area contributed by atoms with E-state index in [1.807, 2.05) is 13.0 Å². The Hall–Kier alpha value is -1.88. The number of halogens is 2. The Bertz CT molecular complexity index is 641. The summed E-state index contributed by atoms with van der Waals surface area (Å²) >= 11 is 1.06. The van der Waals surface area contributed by atoms with E-state index in [0.717, 1.165) is 35.5 Å². The molecule has 0 aromatic heterocycles. The molecule has 0 unspecified atom stereocenters. The van der Waals surface area contributed by atoms with E-state index < -0.39 is 11.6 Å². The summed E-state index contributed by atoms with van der Waals surface area (Å²) in [6, 6.07) is 8.62. The zero-order valence-electron chi connectivity index (χ0n) is 10.2. The molecule has 2 aromatic carbocycles. The van der Waals surface area contributed by atoms with Gasteiger partial charge in [0, 0.05) is 10.5 Å². The molecule has 0 saturated heterocycles. The molecule has 0 radical (unpaired) electrons. The molecule has 3 N–H and O–H groups in total. The van der Waals surface area contributed by atoms with Crippen LogP contribution in [-0.4, -0.2) is 5.84 Å². The second-order valence-corrected chi connectivity index (χ2v) is 5.17. The fourth-order valence-corrected chi connectivity index (χ4v) is 2.61. The van der Waals surface area contributed by atoms with Gasteiger partial charge in [0.15, 0.2) is 0 Å². The van der Waals surface area contributed by atoms with Gasteiger partial charge in [-0.2, -0.15) is 0 Å². The number of amidine groups is 1. The number of aryl methyl sites for hydroxylation is 1. The van der Waals surface area contributed by atoms with Crippen molar-refractivity contribution >= 4 is 17.6 Å². The minimum atomic E-state index is -0.500. The molecule has 0 heterocycles. The molecule has 19 heavy (non-hydrogen) atoms. The molecule has 0 aliphatic carbocycles. The van der Waals surface area contributed by atoms with Crippen LogP contribution in [0.5, 0.6) is 0 Å². The van der Waals surface area contributed by atoms with Gasteiger partial charge in [0.1, 0.15) is 17.5 Å². The Morgan fingerprint density at radius 1 is 1.11 bits per heavy atom. The predicted molar refractivity (Wildman–Crippen MR) is 72.7 cm³/mol. The van der Waals surface area contributed by atoms with Gasteiger partial charge in [-0.3, -0.25) is 5.41 Å². The van der Waals surface area contributed by atoms with Gasteiger partial charge in [-0.25, -0.2) is 8.78 Å². The lowest BCUT2D eigenvalue weighted by molar-refractivity contribution is 0.577. The maximum absolute atomic E-state index is 13.6. The summed E-state index contributed by atoms with van der Waals surface area (Å²) in [5.74, 6) is -1.09. The molecule has 2 nitrogen and oxygen atoms in total. The molecule has 0 fully saturated rings. The van der Waals surface area contributed by atoms with Crippen LogP contribution in [0, 0.1) is 24.0 Å². The minimum Gasteiger partial charge on any atom is -0.384 e. The number of nitrogens with one attached hydrogen (secondary N) is 1. The zero-order chi connectivity index (χ0) is 14.0. The zero-order valence-corrected chi connectivity index (χ0v) is 11.0. The van der Waals surface area contributed by atoms with E-state index in [9.17, 15) is 8.78 Å². The predicted octanol–water partition coefficient (Wildman–Crippen LogP) is 3.71. The second kappa shape index (κ2) is 5.40. The fraction of sp³-hybridized carbons (Fsp3) is 0.0714. The summed E-state index contributed by atoms with van der Waals surface area (Å²) in [6.07, 6.45) is 0. The molecule has 0 aliphatic rings. The first kappa shape index (κ1) is 13.5. The van der Waals surface area contributed by atoms with Crippen molar-refractivity contribution in [2.75, 3.05) is 0 Å². The Labute approximate surface area is 114 Å². The molecule has 2 aromatic rings. The van der Waals surface area contributed by atoms with Gasteiger partial charge in [0.25, 0.3) is 0 Å². The van der Waals surface area contributed by atoms with E-state index in [1.54, 1.807) is 12.1 Å². The lowest BCUT2D eigenvalue weighted by atomic mass is 10.1. The van der Waals surface area contributed by atoms with E-state index in [0.29, 0.717) is 10.5 Å². The number of nitrogen functional groups attached to an aromatic ring is 1. The SMILES string of the molecule is Cc1ccc(Sc2cc(F)ccc2F)c(C(=N)N)c1. The highest BCUT2D eigenvalue weighted by atomic mass is 32.2. The van der Waals surface area contributed by atoms with Gasteiger partial charge in [-0.15, -0.1) is 0 Å². The highest BCUT2D eigenvalue weighted by Gasteiger charge is 2.11. The van der Waals surface area contributed by atoms with Crippen LogP contribution in [0.15, 0.2) is 46.2 Å².